The van der Waals surface area contributed by atoms with Gasteiger partial charge in [0.05, 0.1) is 12.7 Å². The van der Waals surface area contributed by atoms with Gasteiger partial charge in [0.25, 0.3) is 0 Å². The zero-order valence-electron chi connectivity index (χ0n) is 6.88. The molecule has 5 nitrogen and oxygen atoms in total. The molecule has 0 amide bonds. The molecule has 1 saturated heterocycles. The zero-order chi connectivity index (χ0) is 9.14. The van der Waals surface area contributed by atoms with E-state index in [9.17, 15) is 5.11 Å². The smallest absolute Gasteiger partial charge is 0.160 e. The van der Waals surface area contributed by atoms with E-state index in [1.54, 1.807) is 0 Å². The molecule has 1 aliphatic heterocycles. The molecule has 0 bridgehead atoms. The number of aliphatic hydroxyl groups excluding tert-OH is 3. The number of aliphatic hydroxyl groups is 3. The SMILES string of the molecule is COC1CC(O)C(C(O)CO)O1. The van der Waals surface area contributed by atoms with Crippen molar-refractivity contribution in [2.75, 3.05) is 13.7 Å². The molecule has 72 valence electrons. The van der Waals surface area contributed by atoms with Gasteiger partial charge in [-0.1, -0.05) is 0 Å². The third kappa shape index (κ3) is 1.94. The maximum atomic E-state index is 9.32. The fourth-order valence-electron chi connectivity index (χ4n) is 1.26. The van der Waals surface area contributed by atoms with Gasteiger partial charge in [0, 0.05) is 13.5 Å². The first-order chi connectivity index (χ1) is 5.69. The second-order valence-corrected chi connectivity index (χ2v) is 2.82. The molecule has 0 aliphatic carbocycles. The van der Waals surface area contributed by atoms with E-state index < -0.39 is 31.2 Å². The highest BCUT2D eigenvalue weighted by Crippen LogP contribution is 2.22. The predicted octanol–water partition coefficient (Wildman–Crippen LogP) is -1.54. The summed E-state index contributed by atoms with van der Waals surface area (Å²) in [4.78, 5) is 0. The molecule has 4 unspecified atom stereocenters. The number of methoxy groups -OCH3 is 1. The Labute approximate surface area is 70.5 Å². The minimum absolute atomic E-state index is 0.332. The summed E-state index contributed by atoms with van der Waals surface area (Å²) in [5, 5.41) is 27.1. The van der Waals surface area contributed by atoms with Crippen molar-refractivity contribution in [2.24, 2.45) is 0 Å². The number of hydrogen-bond acceptors (Lipinski definition) is 5. The lowest BCUT2D eigenvalue weighted by atomic mass is 10.1. The molecule has 0 aromatic heterocycles. The highest BCUT2D eigenvalue weighted by Gasteiger charge is 2.38. The summed E-state index contributed by atoms with van der Waals surface area (Å²) in [6.45, 7) is -0.418. The Balaban J connectivity index is 2.45. The Bertz CT molecular complexity index is 140. The Morgan fingerprint density at radius 2 is 2.33 bits per heavy atom. The van der Waals surface area contributed by atoms with Crippen molar-refractivity contribution in [2.45, 2.75) is 31.0 Å². The van der Waals surface area contributed by atoms with Crippen molar-refractivity contribution in [1.29, 1.82) is 0 Å². The molecular formula is C7H14O5. The maximum Gasteiger partial charge on any atom is 0.160 e. The van der Waals surface area contributed by atoms with Crippen molar-refractivity contribution in [3.8, 4) is 0 Å². The summed E-state index contributed by atoms with van der Waals surface area (Å²) in [7, 11) is 1.46. The van der Waals surface area contributed by atoms with Crippen molar-refractivity contribution in [3.05, 3.63) is 0 Å². The van der Waals surface area contributed by atoms with Crippen molar-refractivity contribution >= 4 is 0 Å². The summed E-state index contributed by atoms with van der Waals surface area (Å²) < 4.78 is 9.92. The van der Waals surface area contributed by atoms with Gasteiger partial charge in [-0.3, -0.25) is 0 Å². The van der Waals surface area contributed by atoms with E-state index in [2.05, 4.69) is 0 Å². The van der Waals surface area contributed by atoms with Crippen LogP contribution in [0, 0.1) is 0 Å². The van der Waals surface area contributed by atoms with Gasteiger partial charge in [0.1, 0.15) is 12.2 Å². The number of rotatable bonds is 3. The summed E-state index contributed by atoms with van der Waals surface area (Å²) in [5.41, 5.74) is 0. The molecule has 0 aromatic carbocycles. The van der Waals surface area contributed by atoms with Crippen LogP contribution in [-0.2, 0) is 9.47 Å². The molecule has 1 heterocycles. The standard InChI is InChI=1S/C7H14O5/c1-11-6-2-4(9)7(12-6)5(10)3-8/h4-10H,2-3H2,1H3. The van der Waals surface area contributed by atoms with Gasteiger partial charge in [-0.2, -0.15) is 0 Å². The lowest BCUT2D eigenvalue weighted by Gasteiger charge is -2.18. The highest BCUT2D eigenvalue weighted by atomic mass is 16.7. The van der Waals surface area contributed by atoms with Crippen LogP contribution in [0.15, 0.2) is 0 Å². The average Bonchev–Trinajstić information content (AvgIpc) is 2.45. The van der Waals surface area contributed by atoms with Crippen LogP contribution < -0.4 is 0 Å². The third-order valence-corrected chi connectivity index (χ3v) is 1.95. The molecule has 4 atom stereocenters. The molecular weight excluding hydrogens is 164 g/mol. The van der Waals surface area contributed by atoms with Gasteiger partial charge in [-0.05, 0) is 0 Å². The van der Waals surface area contributed by atoms with Gasteiger partial charge in [0.15, 0.2) is 6.29 Å². The van der Waals surface area contributed by atoms with Crippen molar-refractivity contribution < 1.29 is 24.8 Å². The summed E-state index contributed by atoms with van der Waals surface area (Å²) >= 11 is 0. The first-order valence-corrected chi connectivity index (χ1v) is 3.84. The molecule has 5 heteroatoms. The molecule has 0 aromatic rings. The molecule has 1 aliphatic rings. The van der Waals surface area contributed by atoms with Gasteiger partial charge < -0.3 is 24.8 Å². The fraction of sp³-hybridized carbons (Fsp3) is 1.00. The lowest BCUT2D eigenvalue weighted by Crippen LogP contribution is -2.36. The number of hydrogen-bond donors (Lipinski definition) is 3. The molecule has 0 saturated carbocycles. The minimum Gasteiger partial charge on any atom is -0.394 e. The van der Waals surface area contributed by atoms with E-state index in [0.29, 0.717) is 6.42 Å². The third-order valence-electron chi connectivity index (χ3n) is 1.95. The molecule has 1 fully saturated rings. The van der Waals surface area contributed by atoms with Gasteiger partial charge >= 0.3 is 0 Å². The Hall–Kier alpha value is -0.200. The second-order valence-electron chi connectivity index (χ2n) is 2.82. The van der Waals surface area contributed by atoms with Gasteiger partial charge in [0.2, 0.25) is 0 Å². The molecule has 1 rings (SSSR count). The Morgan fingerprint density at radius 1 is 1.67 bits per heavy atom. The first-order valence-electron chi connectivity index (χ1n) is 3.84. The first kappa shape index (κ1) is 9.88. The van der Waals surface area contributed by atoms with Crippen LogP contribution in [0.1, 0.15) is 6.42 Å². The second kappa shape index (κ2) is 4.15. The summed E-state index contributed by atoms with van der Waals surface area (Å²) in [5.74, 6) is 0. The van der Waals surface area contributed by atoms with Crippen LogP contribution in [0.4, 0.5) is 0 Å². The van der Waals surface area contributed by atoms with Crippen LogP contribution in [0.25, 0.3) is 0 Å². The zero-order valence-corrected chi connectivity index (χ0v) is 6.88. The number of ether oxygens (including phenoxy) is 2. The predicted molar refractivity (Wildman–Crippen MR) is 39.4 cm³/mol. The van der Waals surface area contributed by atoms with E-state index in [4.69, 9.17) is 19.7 Å². The highest BCUT2D eigenvalue weighted by molar-refractivity contribution is 4.83. The van der Waals surface area contributed by atoms with Crippen LogP contribution >= 0.6 is 0 Å². The monoisotopic (exact) mass is 178 g/mol. The molecule has 0 radical (unpaired) electrons. The van der Waals surface area contributed by atoms with Gasteiger partial charge in [-0.25, -0.2) is 0 Å². The summed E-state index contributed by atoms with van der Waals surface area (Å²) in [6, 6.07) is 0. The molecule has 3 N–H and O–H groups in total. The van der Waals surface area contributed by atoms with Gasteiger partial charge in [-0.15, -0.1) is 0 Å². The minimum atomic E-state index is -1.04. The summed E-state index contributed by atoms with van der Waals surface area (Å²) in [6.07, 6.45) is -2.69. The normalized spacial score (nSPS) is 38.5. The van der Waals surface area contributed by atoms with Crippen molar-refractivity contribution in [3.63, 3.8) is 0 Å². The van der Waals surface area contributed by atoms with E-state index in [1.807, 2.05) is 0 Å². The average molecular weight is 178 g/mol. The quantitative estimate of drug-likeness (QED) is 0.488. The van der Waals surface area contributed by atoms with E-state index in [1.165, 1.54) is 7.11 Å². The van der Waals surface area contributed by atoms with Crippen LogP contribution in [0.5, 0.6) is 0 Å². The van der Waals surface area contributed by atoms with Crippen molar-refractivity contribution in [1.82, 2.24) is 0 Å². The Morgan fingerprint density at radius 3 is 2.75 bits per heavy atom. The molecule has 0 spiro atoms. The van der Waals surface area contributed by atoms with E-state index >= 15 is 0 Å². The Kier molecular flexibility index (Phi) is 3.42. The topological polar surface area (TPSA) is 79.2 Å². The van der Waals surface area contributed by atoms with E-state index in [0.717, 1.165) is 0 Å². The lowest BCUT2D eigenvalue weighted by molar-refractivity contribution is -0.150. The largest absolute Gasteiger partial charge is 0.394 e. The van der Waals surface area contributed by atoms with Crippen LogP contribution in [-0.4, -0.2) is 53.6 Å². The fourth-order valence-corrected chi connectivity index (χ4v) is 1.26. The maximum absolute atomic E-state index is 9.32. The van der Waals surface area contributed by atoms with Crippen LogP contribution in [0.2, 0.25) is 0 Å². The van der Waals surface area contributed by atoms with E-state index in [-0.39, 0.29) is 0 Å². The van der Waals surface area contributed by atoms with Crippen LogP contribution in [0.3, 0.4) is 0 Å². The molecule has 12 heavy (non-hydrogen) atoms.